The number of hydrogen-bond donors (Lipinski definition) is 2. The Balaban J connectivity index is 0.000000149. The van der Waals surface area contributed by atoms with Gasteiger partial charge in [0.05, 0.1) is 0 Å². The van der Waals surface area contributed by atoms with E-state index >= 15 is 0 Å². The molecule has 0 spiro atoms. The molecular formula is C16H14S2. The molecule has 0 saturated heterocycles. The first-order valence-electron chi connectivity index (χ1n) is 5.67. The summed E-state index contributed by atoms with van der Waals surface area (Å²) in [6.45, 7) is 0. The summed E-state index contributed by atoms with van der Waals surface area (Å²) in [5.41, 5.74) is 0. The summed E-state index contributed by atoms with van der Waals surface area (Å²) < 4.78 is 0. The summed E-state index contributed by atoms with van der Waals surface area (Å²) in [6, 6.07) is 24.2. The minimum absolute atomic E-state index is 1.02. The minimum atomic E-state index is 1.02. The molecule has 0 bridgehead atoms. The molecule has 2 heteroatoms. The molecule has 0 aromatic heterocycles. The van der Waals surface area contributed by atoms with Crippen LogP contribution in [0, 0.1) is 0 Å². The molecule has 0 aliphatic rings. The first-order chi connectivity index (χ1) is 8.75. The zero-order chi connectivity index (χ0) is 12.8. The van der Waals surface area contributed by atoms with E-state index < -0.39 is 0 Å². The van der Waals surface area contributed by atoms with Gasteiger partial charge in [-0.3, -0.25) is 0 Å². The third-order valence-electron chi connectivity index (χ3n) is 2.49. The van der Waals surface area contributed by atoms with E-state index in [0.29, 0.717) is 0 Å². The van der Waals surface area contributed by atoms with Crippen LogP contribution in [-0.2, 0) is 0 Å². The average molecular weight is 270 g/mol. The van der Waals surface area contributed by atoms with E-state index in [9.17, 15) is 0 Å². The van der Waals surface area contributed by atoms with Crippen LogP contribution >= 0.6 is 25.3 Å². The van der Waals surface area contributed by atoms with Gasteiger partial charge < -0.3 is 0 Å². The fraction of sp³-hybridized carbons (Fsp3) is 0. The van der Waals surface area contributed by atoms with Crippen molar-refractivity contribution in [3.8, 4) is 0 Å². The van der Waals surface area contributed by atoms with Gasteiger partial charge >= 0.3 is 0 Å². The molecule has 0 saturated carbocycles. The summed E-state index contributed by atoms with van der Waals surface area (Å²) >= 11 is 8.34. The second-order valence-electron chi connectivity index (χ2n) is 3.87. The highest BCUT2D eigenvalue weighted by Gasteiger charge is 1.90. The summed E-state index contributed by atoms with van der Waals surface area (Å²) in [5, 5.41) is 2.52. The lowest BCUT2D eigenvalue weighted by molar-refractivity contribution is 1.48. The SMILES string of the molecule is Sc1ccc2ccccc2c1.Sc1ccccc1. The third-order valence-corrected chi connectivity index (χ3v) is 3.07. The summed E-state index contributed by atoms with van der Waals surface area (Å²) in [4.78, 5) is 2.03. The molecular weight excluding hydrogens is 256 g/mol. The van der Waals surface area contributed by atoms with Crippen LogP contribution in [0.15, 0.2) is 82.6 Å². The van der Waals surface area contributed by atoms with Crippen LogP contribution in [0.25, 0.3) is 10.8 Å². The molecule has 0 unspecified atom stereocenters. The van der Waals surface area contributed by atoms with Crippen LogP contribution in [0.1, 0.15) is 0 Å². The molecule has 0 nitrogen and oxygen atoms in total. The molecule has 0 heterocycles. The monoisotopic (exact) mass is 270 g/mol. The van der Waals surface area contributed by atoms with E-state index in [-0.39, 0.29) is 0 Å². The Morgan fingerprint density at radius 3 is 1.72 bits per heavy atom. The van der Waals surface area contributed by atoms with E-state index in [1.807, 2.05) is 48.5 Å². The van der Waals surface area contributed by atoms with Crippen molar-refractivity contribution in [3.05, 3.63) is 72.8 Å². The predicted molar refractivity (Wildman–Crippen MR) is 84.9 cm³/mol. The lowest BCUT2D eigenvalue weighted by Crippen LogP contribution is -1.70. The molecule has 3 aromatic rings. The second kappa shape index (κ2) is 6.53. The Kier molecular flexibility index (Phi) is 4.73. The fourth-order valence-corrected chi connectivity index (χ4v) is 1.99. The van der Waals surface area contributed by atoms with Crippen molar-refractivity contribution < 1.29 is 0 Å². The van der Waals surface area contributed by atoms with E-state index in [1.165, 1.54) is 10.8 Å². The first-order valence-corrected chi connectivity index (χ1v) is 6.57. The van der Waals surface area contributed by atoms with Crippen molar-refractivity contribution >= 4 is 36.0 Å². The molecule has 0 aliphatic carbocycles. The molecule has 0 aliphatic heterocycles. The van der Waals surface area contributed by atoms with Gasteiger partial charge in [0.1, 0.15) is 0 Å². The van der Waals surface area contributed by atoms with Gasteiger partial charge in [0.2, 0.25) is 0 Å². The summed E-state index contributed by atoms with van der Waals surface area (Å²) in [6.07, 6.45) is 0. The highest BCUT2D eigenvalue weighted by atomic mass is 32.1. The highest BCUT2D eigenvalue weighted by molar-refractivity contribution is 7.80. The van der Waals surface area contributed by atoms with Gasteiger partial charge in [-0.1, -0.05) is 48.5 Å². The van der Waals surface area contributed by atoms with Crippen molar-refractivity contribution in [3.63, 3.8) is 0 Å². The van der Waals surface area contributed by atoms with Gasteiger partial charge in [0.15, 0.2) is 0 Å². The van der Waals surface area contributed by atoms with Crippen molar-refractivity contribution in [2.75, 3.05) is 0 Å². The molecule has 3 rings (SSSR count). The highest BCUT2D eigenvalue weighted by Crippen LogP contribution is 2.17. The van der Waals surface area contributed by atoms with Crippen molar-refractivity contribution in [1.82, 2.24) is 0 Å². The van der Waals surface area contributed by atoms with Gasteiger partial charge in [-0.05, 0) is 35.0 Å². The van der Waals surface area contributed by atoms with Crippen molar-refractivity contribution in [1.29, 1.82) is 0 Å². The average Bonchev–Trinajstić information content (AvgIpc) is 2.40. The van der Waals surface area contributed by atoms with Crippen LogP contribution in [0.5, 0.6) is 0 Å². The van der Waals surface area contributed by atoms with Gasteiger partial charge in [-0.25, -0.2) is 0 Å². The fourth-order valence-electron chi connectivity index (χ4n) is 1.60. The normalized spacial score (nSPS) is 9.67. The molecule has 0 radical (unpaired) electrons. The summed E-state index contributed by atoms with van der Waals surface area (Å²) in [7, 11) is 0. The molecule has 90 valence electrons. The Morgan fingerprint density at radius 1 is 0.500 bits per heavy atom. The number of thiol groups is 2. The van der Waals surface area contributed by atoms with Crippen LogP contribution in [0.4, 0.5) is 0 Å². The Hall–Kier alpha value is -1.38. The third kappa shape index (κ3) is 3.83. The van der Waals surface area contributed by atoms with Gasteiger partial charge in [0.25, 0.3) is 0 Å². The number of rotatable bonds is 0. The quantitative estimate of drug-likeness (QED) is 0.521. The lowest BCUT2D eigenvalue weighted by Gasteiger charge is -1.96. The Morgan fingerprint density at radius 2 is 1.11 bits per heavy atom. The van der Waals surface area contributed by atoms with Crippen LogP contribution < -0.4 is 0 Å². The van der Waals surface area contributed by atoms with Crippen LogP contribution in [-0.4, -0.2) is 0 Å². The number of hydrogen-bond acceptors (Lipinski definition) is 2. The zero-order valence-corrected chi connectivity index (χ0v) is 11.6. The zero-order valence-electron chi connectivity index (χ0n) is 9.82. The minimum Gasteiger partial charge on any atom is -0.143 e. The van der Waals surface area contributed by atoms with E-state index in [4.69, 9.17) is 0 Å². The maximum atomic E-state index is 4.26. The first kappa shape index (κ1) is 13.1. The molecule has 0 N–H and O–H groups in total. The van der Waals surface area contributed by atoms with Gasteiger partial charge in [-0.15, -0.1) is 25.3 Å². The summed E-state index contributed by atoms with van der Waals surface area (Å²) in [5.74, 6) is 0. The maximum Gasteiger partial charge on any atom is 0.00463 e. The molecule has 0 amide bonds. The molecule has 18 heavy (non-hydrogen) atoms. The predicted octanol–water partition coefficient (Wildman–Crippen LogP) is 5.10. The molecule has 3 aromatic carbocycles. The smallest absolute Gasteiger partial charge is 0.00463 e. The van der Waals surface area contributed by atoms with E-state index in [0.717, 1.165) is 9.79 Å². The Bertz CT molecular complexity index is 618. The van der Waals surface area contributed by atoms with Crippen molar-refractivity contribution in [2.24, 2.45) is 0 Å². The molecule has 0 atom stereocenters. The standard InChI is InChI=1S/C10H8S.C6H6S/c11-10-6-5-8-3-1-2-4-9(8)7-10;7-6-4-2-1-3-5-6/h1-7,11H;1-5,7H. The van der Waals surface area contributed by atoms with Crippen molar-refractivity contribution in [2.45, 2.75) is 9.79 Å². The maximum absolute atomic E-state index is 4.26. The number of fused-ring (bicyclic) bond motifs is 1. The topological polar surface area (TPSA) is 0 Å². The van der Waals surface area contributed by atoms with E-state index in [1.54, 1.807) is 0 Å². The van der Waals surface area contributed by atoms with Crippen LogP contribution in [0.2, 0.25) is 0 Å². The lowest BCUT2D eigenvalue weighted by atomic mass is 10.1. The van der Waals surface area contributed by atoms with Gasteiger partial charge in [0, 0.05) is 9.79 Å². The number of benzene rings is 3. The van der Waals surface area contributed by atoms with E-state index in [2.05, 4.69) is 49.5 Å². The second-order valence-corrected chi connectivity index (χ2v) is 4.90. The van der Waals surface area contributed by atoms with Crippen LogP contribution in [0.3, 0.4) is 0 Å². The molecule has 0 fully saturated rings. The Labute approximate surface area is 118 Å². The van der Waals surface area contributed by atoms with Gasteiger partial charge in [-0.2, -0.15) is 0 Å². The largest absolute Gasteiger partial charge is 0.143 e.